The zero-order chi connectivity index (χ0) is 11.4. The molecule has 2 heterocycles. The van der Waals surface area contributed by atoms with Crippen molar-refractivity contribution in [3.63, 3.8) is 0 Å². The van der Waals surface area contributed by atoms with E-state index in [1.165, 1.54) is 0 Å². The van der Waals surface area contributed by atoms with Crippen LogP contribution >= 0.6 is 0 Å². The van der Waals surface area contributed by atoms with E-state index in [2.05, 4.69) is 4.90 Å². The van der Waals surface area contributed by atoms with E-state index in [-0.39, 0.29) is 30.3 Å². The lowest BCUT2D eigenvalue weighted by Gasteiger charge is -2.60. The van der Waals surface area contributed by atoms with Crippen molar-refractivity contribution in [3.8, 4) is 0 Å². The van der Waals surface area contributed by atoms with E-state index in [0.717, 1.165) is 19.6 Å². The molecule has 0 aromatic carbocycles. The number of aliphatic hydroxyl groups is 1. The van der Waals surface area contributed by atoms with Crippen LogP contribution in [0, 0.1) is 10.8 Å². The predicted octanol–water partition coefficient (Wildman–Crippen LogP) is 0.726. The van der Waals surface area contributed by atoms with Crippen LogP contribution in [-0.2, 0) is 4.74 Å². The maximum atomic E-state index is 12.8. The summed E-state index contributed by atoms with van der Waals surface area (Å²) in [6.45, 7) is 3.66. The van der Waals surface area contributed by atoms with Crippen LogP contribution in [0.15, 0.2) is 0 Å². The Labute approximate surface area is 93.4 Å². The molecule has 1 spiro atoms. The van der Waals surface area contributed by atoms with Crippen LogP contribution in [-0.4, -0.2) is 55.4 Å². The number of hydrogen-bond donors (Lipinski definition) is 1. The zero-order valence-corrected chi connectivity index (χ0v) is 9.22. The van der Waals surface area contributed by atoms with Crippen LogP contribution < -0.4 is 0 Å². The second kappa shape index (κ2) is 3.15. The van der Waals surface area contributed by atoms with Gasteiger partial charge in [-0.05, 0) is 0 Å². The van der Waals surface area contributed by atoms with Gasteiger partial charge in [0, 0.05) is 37.9 Å². The third-order valence-corrected chi connectivity index (χ3v) is 4.10. The molecule has 0 aromatic heterocycles. The second-order valence-electron chi connectivity index (χ2n) is 6.01. The van der Waals surface area contributed by atoms with Crippen molar-refractivity contribution in [1.82, 2.24) is 4.90 Å². The fourth-order valence-electron chi connectivity index (χ4n) is 3.38. The molecule has 0 unspecified atom stereocenters. The topological polar surface area (TPSA) is 32.7 Å². The molecule has 0 amide bonds. The normalized spacial score (nSPS) is 33.9. The molecule has 0 atom stereocenters. The van der Waals surface area contributed by atoms with Gasteiger partial charge in [0.2, 0.25) is 5.92 Å². The second-order valence-corrected chi connectivity index (χ2v) is 6.01. The molecule has 3 fully saturated rings. The summed E-state index contributed by atoms with van der Waals surface area (Å²) in [6.07, 6.45) is 0.109. The number of ether oxygens (including phenoxy) is 1. The minimum Gasteiger partial charge on any atom is -0.396 e. The molecule has 2 aliphatic heterocycles. The van der Waals surface area contributed by atoms with Crippen LogP contribution in [0.5, 0.6) is 0 Å². The standard InChI is InChI=1S/C11H17F2NO2/c12-11(13)1-9(2-11)3-14(4-9)5-10(6-15)7-16-8-10/h15H,1-8H2. The van der Waals surface area contributed by atoms with Gasteiger partial charge in [0.1, 0.15) is 0 Å². The molecule has 16 heavy (non-hydrogen) atoms. The molecule has 2 saturated heterocycles. The fraction of sp³-hybridized carbons (Fsp3) is 1.00. The first kappa shape index (κ1) is 10.9. The number of likely N-dealkylation sites (tertiary alicyclic amines) is 1. The van der Waals surface area contributed by atoms with Crippen molar-refractivity contribution in [3.05, 3.63) is 0 Å². The maximum Gasteiger partial charge on any atom is 0.249 e. The van der Waals surface area contributed by atoms with Crippen molar-refractivity contribution in [2.75, 3.05) is 39.5 Å². The number of hydrogen-bond acceptors (Lipinski definition) is 3. The lowest BCUT2D eigenvalue weighted by Crippen LogP contribution is -2.68. The Balaban J connectivity index is 1.48. The van der Waals surface area contributed by atoms with Crippen molar-refractivity contribution < 1.29 is 18.6 Å². The molecular formula is C11H17F2NO2. The molecule has 1 N–H and O–H groups in total. The smallest absolute Gasteiger partial charge is 0.249 e. The summed E-state index contributed by atoms with van der Waals surface area (Å²) >= 11 is 0. The van der Waals surface area contributed by atoms with Crippen LogP contribution in [0.25, 0.3) is 0 Å². The van der Waals surface area contributed by atoms with Crippen molar-refractivity contribution >= 4 is 0 Å². The minimum absolute atomic E-state index is 0.0547. The number of rotatable bonds is 3. The number of halogens is 2. The van der Waals surface area contributed by atoms with Gasteiger partial charge in [0.15, 0.2) is 0 Å². The fourth-order valence-corrected chi connectivity index (χ4v) is 3.38. The van der Waals surface area contributed by atoms with E-state index in [9.17, 15) is 13.9 Å². The van der Waals surface area contributed by atoms with Gasteiger partial charge in [-0.15, -0.1) is 0 Å². The number of nitrogens with zero attached hydrogens (tertiary/aromatic N) is 1. The third-order valence-electron chi connectivity index (χ3n) is 4.10. The summed E-state index contributed by atoms with van der Waals surface area (Å²) in [6, 6.07) is 0. The average molecular weight is 233 g/mol. The van der Waals surface area contributed by atoms with Crippen molar-refractivity contribution in [1.29, 1.82) is 0 Å². The van der Waals surface area contributed by atoms with Crippen molar-refractivity contribution in [2.45, 2.75) is 18.8 Å². The van der Waals surface area contributed by atoms with E-state index >= 15 is 0 Å². The average Bonchev–Trinajstić information content (AvgIpc) is 2.04. The van der Waals surface area contributed by atoms with E-state index < -0.39 is 5.92 Å². The van der Waals surface area contributed by atoms with Gasteiger partial charge in [-0.25, -0.2) is 8.78 Å². The monoisotopic (exact) mass is 233 g/mol. The number of alkyl halides is 2. The summed E-state index contributed by atoms with van der Waals surface area (Å²) in [5.74, 6) is -2.42. The Kier molecular flexibility index (Phi) is 2.14. The highest BCUT2D eigenvalue weighted by Gasteiger charge is 2.62. The molecule has 0 bridgehead atoms. The van der Waals surface area contributed by atoms with E-state index in [1.807, 2.05) is 0 Å². The molecule has 92 valence electrons. The quantitative estimate of drug-likeness (QED) is 0.780. The molecule has 5 heteroatoms. The molecule has 0 radical (unpaired) electrons. The highest BCUT2D eigenvalue weighted by molar-refractivity contribution is 5.09. The SMILES string of the molecule is OCC1(CN2CC3(C2)CC(F)(F)C3)COC1. The summed E-state index contributed by atoms with van der Waals surface area (Å²) in [5.41, 5.74) is -0.224. The summed E-state index contributed by atoms with van der Waals surface area (Å²) < 4.78 is 30.7. The molecule has 3 rings (SSSR count). The van der Waals surface area contributed by atoms with Crippen LogP contribution in [0.1, 0.15) is 12.8 Å². The molecule has 1 saturated carbocycles. The highest BCUT2D eigenvalue weighted by atomic mass is 19.3. The molecule has 3 aliphatic rings. The first-order chi connectivity index (χ1) is 7.47. The van der Waals surface area contributed by atoms with Crippen molar-refractivity contribution in [2.24, 2.45) is 10.8 Å². The zero-order valence-electron chi connectivity index (χ0n) is 9.22. The Morgan fingerprint density at radius 2 is 1.81 bits per heavy atom. The van der Waals surface area contributed by atoms with Gasteiger partial charge in [0.05, 0.1) is 25.2 Å². The van der Waals surface area contributed by atoms with Gasteiger partial charge in [-0.1, -0.05) is 0 Å². The van der Waals surface area contributed by atoms with Gasteiger partial charge in [-0.2, -0.15) is 0 Å². The van der Waals surface area contributed by atoms with Crippen LogP contribution in [0.3, 0.4) is 0 Å². The van der Waals surface area contributed by atoms with E-state index in [1.54, 1.807) is 0 Å². The lowest BCUT2D eigenvalue weighted by atomic mass is 9.60. The Bertz CT molecular complexity index is 283. The van der Waals surface area contributed by atoms with Gasteiger partial charge in [0.25, 0.3) is 0 Å². The van der Waals surface area contributed by atoms with Gasteiger partial charge < -0.3 is 14.7 Å². The van der Waals surface area contributed by atoms with E-state index in [0.29, 0.717) is 13.2 Å². The number of aliphatic hydroxyl groups excluding tert-OH is 1. The van der Waals surface area contributed by atoms with Crippen LogP contribution in [0.4, 0.5) is 8.78 Å². The summed E-state index contributed by atoms with van der Waals surface area (Å²) in [5, 5.41) is 9.26. The van der Waals surface area contributed by atoms with Crippen LogP contribution in [0.2, 0.25) is 0 Å². The Hall–Kier alpha value is -0.260. The first-order valence-corrected chi connectivity index (χ1v) is 5.76. The van der Waals surface area contributed by atoms with Gasteiger partial charge >= 0.3 is 0 Å². The largest absolute Gasteiger partial charge is 0.396 e. The predicted molar refractivity (Wildman–Crippen MR) is 53.4 cm³/mol. The molecule has 1 aliphatic carbocycles. The molecular weight excluding hydrogens is 216 g/mol. The molecule has 3 nitrogen and oxygen atoms in total. The highest BCUT2D eigenvalue weighted by Crippen LogP contribution is 2.57. The Morgan fingerprint density at radius 1 is 1.19 bits per heavy atom. The van der Waals surface area contributed by atoms with E-state index in [4.69, 9.17) is 4.74 Å². The summed E-state index contributed by atoms with van der Waals surface area (Å²) in [7, 11) is 0. The lowest BCUT2D eigenvalue weighted by molar-refractivity contribution is -0.230. The molecule has 0 aromatic rings. The Morgan fingerprint density at radius 3 is 2.19 bits per heavy atom. The third kappa shape index (κ3) is 1.57. The van der Waals surface area contributed by atoms with Gasteiger partial charge in [-0.3, -0.25) is 0 Å². The summed E-state index contributed by atoms with van der Waals surface area (Å²) in [4.78, 5) is 2.17. The maximum absolute atomic E-state index is 12.8. The minimum atomic E-state index is -2.42. The first-order valence-electron chi connectivity index (χ1n) is 5.76.